The highest BCUT2D eigenvalue weighted by atomic mass is 19.1. The van der Waals surface area contributed by atoms with Crippen LogP contribution in [0, 0.1) is 11.7 Å². The number of aryl methyl sites for hydroxylation is 1. The standard InChI is InChI=1S/C23H32F2O2/c1-3-5-6-7-18-10-13-20(14-21(18)24)17-8-11-19(12-9-17)22-26-15-23(25,4-2)16-27-22/h3,5,10,13-14,17,19,22H,4,6-9,11-12,15-16H2,1-2H3/b5-3+. The van der Waals surface area contributed by atoms with Crippen LogP contribution in [0.25, 0.3) is 0 Å². The summed E-state index contributed by atoms with van der Waals surface area (Å²) in [6.07, 6.45) is 9.77. The molecule has 0 bridgehead atoms. The molecule has 2 aliphatic rings. The van der Waals surface area contributed by atoms with Gasteiger partial charge in [-0.05, 0) is 75.0 Å². The van der Waals surface area contributed by atoms with Crippen molar-refractivity contribution in [2.24, 2.45) is 5.92 Å². The molecule has 0 amide bonds. The molecule has 0 spiro atoms. The van der Waals surface area contributed by atoms with E-state index in [1.54, 1.807) is 6.07 Å². The van der Waals surface area contributed by atoms with E-state index in [-0.39, 0.29) is 25.3 Å². The Labute approximate surface area is 161 Å². The van der Waals surface area contributed by atoms with Gasteiger partial charge in [-0.15, -0.1) is 0 Å². The predicted molar refractivity (Wildman–Crippen MR) is 104 cm³/mol. The number of benzene rings is 1. The van der Waals surface area contributed by atoms with Gasteiger partial charge in [0, 0.05) is 5.92 Å². The van der Waals surface area contributed by atoms with E-state index in [1.807, 2.05) is 26.0 Å². The summed E-state index contributed by atoms with van der Waals surface area (Å²) in [5.41, 5.74) is 0.556. The van der Waals surface area contributed by atoms with E-state index in [0.717, 1.165) is 49.7 Å². The summed E-state index contributed by atoms with van der Waals surface area (Å²) in [6, 6.07) is 5.76. The van der Waals surface area contributed by atoms with Gasteiger partial charge < -0.3 is 9.47 Å². The first-order chi connectivity index (χ1) is 13.0. The highest BCUT2D eigenvalue weighted by molar-refractivity contribution is 5.27. The lowest BCUT2D eigenvalue weighted by atomic mass is 9.78. The Hall–Kier alpha value is -1.26. The summed E-state index contributed by atoms with van der Waals surface area (Å²) >= 11 is 0. The summed E-state index contributed by atoms with van der Waals surface area (Å²) in [4.78, 5) is 0. The number of ether oxygens (including phenoxy) is 2. The van der Waals surface area contributed by atoms with Gasteiger partial charge in [0.25, 0.3) is 0 Å². The van der Waals surface area contributed by atoms with Gasteiger partial charge in [-0.25, -0.2) is 8.78 Å². The maximum Gasteiger partial charge on any atom is 0.160 e. The summed E-state index contributed by atoms with van der Waals surface area (Å²) in [5.74, 6) is 0.615. The van der Waals surface area contributed by atoms with Gasteiger partial charge in [-0.2, -0.15) is 0 Å². The molecule has 0 aromatic heterocycles. The van der Waals surface area contributed by atoms with Crippen molar-refractivity contribution < 1.29 is 18.3 Å². The summed E-state index contributed by atoms with van der Waals surface area (Å²) in [6.45, 7) is 4.07. The minimum Gasteiger partial charge on any atom is -0.349 e. The molecule has 1 aliphatic carbocycles. The van der Waals surface area contributed by atoms with E-state index >= 15 is 0 Å². The lowest BCUT2D eigenvalue weighted by Gasteiger charge is -2.39. The van der Waals surface area contributed by atoms with Gasteiger partial charge in [0.15, 0.2) is 12.0 Å². The fourth-order valence-corrected chi connectivity index (χ4v) is 4.18. The van der Waals surface area contributed by atoms with Crippen molar-refractivity contribution in [2.75, 3.05) is 13.2 Å². The first-order valence-electron chi connectivity index (χ1n) is 10.4. The van der Waals surface area contributed by atoms with Gasteiger partial charge in [0.05, 0.1) is 13.2 Å². The van der Waals surface area contributed by atoms with Crippen LogP contribution in [0.5, 0.6) is 0 Å². The van der Waals surface area contributed by atoms with Crippen molar-refractivity contribution in [3.63, 3.8) is 0 Å². The summed E-state index contributed by atoms with van der Waals surface area (Å²) in [5, 5.41) is 0. The van der Waals surface area contributed by atoms with E-state index in [1.165, 1.54) is 0 Å². The van der Waals surface area contributed by atoms with Crippen molar-refractivity contribution in [3.05, 3.63) is 47.3 Å². The number of hydrogen-bond donors (Lipinski definition) is 0. The average molecular weight is 379 g/mol. The van der Waals surface area contributed by atoms with Crippen LogP contribution in [0.4, 0.5) is 8.78 Å². The van der Waals surface area contributed by atoms with E-state index in [2.05, 4.69) is 12.1 Å². The van der Waals surface area contributed by atoms with Crippen LogP contribution < -0.4 is 0 Å². The second-order valence-electron chi connectivity index (χ2n) is 8.07. The number of hydrogen-bond acceptors (Lipinski definition) is 2. The second-order valence-corrected chi connectivity index (χ2v) is 8.07. The second kappa shape index (κ2) is 9.29. The summed E-state index contributed by atoms with van der Waals surface area (Å²) in [7, 11) is 0. The van der Waals surface area contributed by atoms with E-state index in [4.69, 9.17) is 9.47 Å². The van der Waals surface area contributed by atoms with Gasteiger partial charge >= 0.3 is 0 Å². The molecule has 1 aromatic rings. The molecule has 1 saturated heterocycles. The molecule has 150 valence electrons. The van der Waals surface area contributed by atoms with Gasteiger partial charge in [0.2, 0.25) is 0 Å². The molecular formula is C23H32F2O2. The van der Waals surface area contributed by atoms with E-state index < -0.39 is 5.67 Å². The molecule has 2 nitrogen and oxygen atoms in total. The van der Waals surface area contributed by atoms with Crippen LogP contribution in [0.2, 0.25) is 0 Å². The van der Waals surface area contributed by atoms with Crippen LogP contribution in [-0.2, 0) is 15.9 Å². The topological polar surface area (TPSA) is 18.5 Å². The molecular weight excluding hydrogens is 346 g/mol. The fourth-order valence-electron chi connectivity index (χ4n) is 4.18. The monoisotopic (exact) mass is 378 g/mol. The third kappa shape index (κ3) is 5.17. The molecule has 1 aromatic carbocycles. The molecule has 0 unspecified atom stereocenters. The Bertz CT molecular complexity index is 627. The largest absolute Gasteiger partial charge is 0.349 e. The van der Waals surface area contributed by atoms with Crippen LogP contribution >= 0.6 is 0 Å². The molecule has 0 N–H and O–H groups in total. The average Bonchev–Trinajstić information content (AvgIpc) is 2.70. The lowest BCUT2D eigenvalue weighted by molar-refractivity contribution is -0.256. The zero-order chi connectivity index (χ0) is 19.3. The van der Waals surface area contributed by atoms with Crippen LogP contribution in [0.1, 0.15) is 69.4 Å². The van der Waals surface area contributed by atoms with Crippen LogP contribution in [0.15, 0.2) is 30.4 Å². The molecule has 1 heterocycles. The third-order valence-corrected chi connectivity index (χ3v) is 6.17. The molecule has 4 heteroatoms. The minimum absolute atomic E-state index is 0.0862. The third-order valence-electron chi connectivity index (χ3n) is 6.17. The molecule has 3 rings (SSSR count). The first kappa shape index (κ1) is 20.5. The number of alkyl halides is 1. The Kier molecular flexibility index (Phi) is 7.04. The van der Waals surface area contributed by atoms with E-state index in [9.17, 15) is 8.78 Å². The lowest BCUT2D eigenvalue weighted by Crippen LogP contribution is -2.46. The quantitative estimate of drug-likeness (QED) is 0.557. The Morgan fingerprint density at radius 1 is 1.15 bits per heavy atom. The van der Waals surface area contributed by atoms with Gasteiger partial charge in [-0.1, -0.05) is 31.2 Å². The Morgan fingerprint density at radius 2 is 1.85 bits per heavy atom. The van der Waals surface area contributed by atoms with Crippen molar-refractivity contribution in [3.8, 4) is 0 Å². The molecule has 2 fully saturated rings. The number of halogens is 2. The van der Waals surface area contributed by atoms with Crippen molar-refractivity contribution in [1.29, 1.82) is 0 Å². The zero-order valence-electron chi connectivity index (χ0n) is 16.6. The summed E-state index contributed by atoms with van der Waals surface area (Å²) < 4.78 is 40.0. The van der Waals surface area contributed by atoms with Gasteiger partial charge in [-0.3, -0.25) is 0 Å². The predicted octanol–water partition coefficient (Wildman–Crippen LogP) is 6.10. The Morgan fingerprint density at radius 3 is 2.44 bits per heavy atom. The molecule has 0 radical (unpaired) electrons. The molecule has 1 saturated carbocycles. The van der Waals surface area contributed by atoms with E-state index in [0.29, 0.717) is 18.3 Å². The Balaban J connectivity index is 1.51. The van der Waals surface area contributed by atoms with Crippen LogP contribution in [-0.4, -0.2) is 25.2 Å². The number of rotatable bonds is 6. The fraction of sp³-hybridized carbons (Fsp3) is 0.652. The molecule has 1 aliphatic heterocycles. The molecule has 27 heavy (non-hydrogen) atoms. The number of allylic oxidation sites excluding steroid dienone is 2. The normalized spacial score (nSPS) is 32.1. The SMILES string of the molecule is C/C=C/CCc1ccc(C2CCC(C3OCC(F)(CC)CO3)CC2)cc1F. The smallest absolute Gasteiger partial charge is 0.160 e. The van der Waals surface area contributed by atoms with Crippen molar-refractivity contribution >= 4 is 0 Å². The maximum atomic E-state index is 14.4. The van der Waals surface area contributed by atoms with Crippen molar-refractivity contribution in [1.82, 2.24) is 0 Å². The van der Waals surface area contributed by atoms with Crippen LogP contribution in [0.3, 0.4) is 0 Å². The van der Waals surface area contributed by atoms with Crippen molar-refractivity contribution in [2.45, 2.75) is 76.7 Å². The maximum absolute atomic E-state index is 14.4. The highest BCUT2D eigenvalue weighted by Gasteiger charge is 2.39. The minimum atomic E-state index is -1.33. The zero-order valence-corrected chi connectivity index (χ0v) is 16.6. The van der Waals surface area contributed by atoms with Gasteiger partial charge in [0.1, 0.15) is 5.82 Å². The first-order valence-corrected chi connectivity index (χ1v) is 10.4. The highest BCUT2D eigenvalue weighted by Crippen LogP contribution is 2.40. The molecule has 0 atom stereocenters.